The molecule has 0 N–H and O–H groups in total. The van der Waals surface area contributed by atoms with Gasteiger partial charge in [0.2, 0.25) is 5.88 Å². The predicted octanol–water partition coefficient (Wildman–Crippen LogP) is 2.00. The monoisotopic (exact) mass is 184 g/mol. The van der Waals surface area contributed by atoms with Crippen molar-refractivity contribution in [2.24, 2.45) is 0 Å². The third kappa shape index (κ3) is 2.51. The van der Waals surface area contributed by atoms with Crippen LogP contribution in [0.2, 0.25) is 5.15 Å². The molecule has 0 aromatic carbocycles. The second-order valence-corrected chi connectivity index (χ2v) is 2.56. The number of rotatable bonds is 3. The lowest BCUT2D eigenvalue weighted by Gasteiger charge is -2.02. The van der Waals surface area contributed by atoms with Crippen molar-refractivity contribution in [3.63, 3.8) is 0 Å². The predicted molar refractivity (Wildman–Crippen MR) is 47.5 cm³/mol. The quantitative estimate of drug-likeness (QED) is 0.533. The maximum atomic E-state index is 5.67. The fourth-order valence-electron chi connectivity index (χ4n) is 0.724. The number of hydrogen-bond donors (Lipinski definition) is 0. The molecule has 0 amide bonds. The van der Waals surface area contributed by atoms with Gasteiger partial charge in [0, 0.05) is 6.07 Å². The Kier molecular flexibility index (Phi) is 3.05. The lowest BCUT2D eigenvalue weighted by molar-refractivity contribution is 0.347. The molecule has 64 valence electrons. The zero-order chi connectivity index (χ0) is 8.97. The molecule has 0 saturated carbocycles. The van der Waals surface area contributed by atoms with E-state index < -0.39 is 0 Å². The first-order chi connectivity index (χ1) is 5.72. The summed E-state index contributed by atoms with van der Waals surface area (Å²) in [6.45, 7) is 5.70. The van der Waals surface area contributed by atoms with Crippen molar-refractivity contribution in [2.45, 2.75) is 6.92 Å². The van der Waals surface area contributed by atoms with E-state index in [4.69, 9.17) is 16.3 Å². The standard InChI is InChI=1S/C8H9ClN2O/c1-3-4-12-8-5-7(9)10-6(2)11-8/h3,5H,1,4H2,2H3. The van der Waals surface area contributed by atoms with E-state index in [-0.39, 0.29) is 0 Å². The van der Waals surface area contributed by atoms with Crippen molar-refractivity contribution >= 4 is 11.6 Å². The van der Waals surface area contributed by atoms with Crippen LogP contribution in [0.25, 0.3) is 0 Å². The van der Waals surface area contributed by atoms with Gasteiger partial charge < -0.3 is 4.74 Å². The van der Waals surface area contributed by atoms with E-state index >= 15 is 0 Å². The maximum absolute atomic E-state index is 5.67. The average Bonchev–Trinajstić information content (AvgIpc) is 1.99. The summed E-state index contributed by atoms with van der Waals surface area (Å²) in [4.78, 5) is 7.90. The van der Waals surface area contributed by atoms with Crippen molar-refractivity contribution in [1.29, 1.82) is 0 Å². The van der Waals surface area contributed by atoms with Crippen LogP contribution in [-0.4, -0.2) is 16.6 Å². The molecule has 3 nitrogen and oxygen atoms in total. The van der Waals surface area contributed by atoms with Crippen molar-refractivity contribution in [3.05, 3.63) is 29.7 Å². The zero-order valence-electron chi connectivity index (χ0n) is 6.75. The highest BCUT2D eigenvalue weighted by atomic mass is 35.5. The highest BCUT2D eigenvalue weighted by molar-refractivity contribution is 6.29. The van der Waals surface area contributed by atoms with Gasteiger partial charge >= 0.3 is 0 Å². The van der Waals surface area contributed by atoms with Crippen LogP contribution in [0.3, 0.4) is 0 Å². The van der Waals surface area contributed by atoms with E-state index in [1.54, 1.807) is 19.1 Å². The van der Waals surface area contributed by atoms with Crippen LogP contribution in [-0.2, 0) is 0 Å². The van der Waals surface area contributed by atoms with Crippen LogP contribution in [0, 0.1) is 6.92 Å². The molecule has 0 aliphatic carbocycles. The second kappa shape index (κ2) is 4.07. The Labute approximate surface area is 76.1 Å². The van der Waals surface area contributed by atoms with E-state index in [0.29, 0.717) is 23.5 Å². The van der Waals surface area contributed by atoms with E-state index in [2.05, 4.69) is 16.5 Å². The molecule has 1 rings (SSSR count). The molecule has 1 aromatic heterocycles. The Bertz CT molecular complexity index is 268. The number of nitrogens with zero attached hydrogens (tertiary/aromatic N) is 2. The summed E-state index contributed by atoms with van der Waals surface area (Å²) < 4.78 is 5.16. The minimum Gasteiger partial charge on any atom is -0.473 e. The van der Waals surface area contributed by atoms with Crippen molar-refractivity contribution in [3.8, 4) is 5.88 Å². The van der Waals surface area contributed by atoms with Gasteiger partial charge in [-0.15, -0.1) is 0 Å². The molecule has 0 fully saturated rings. The summed E-state index contributed by atoms with van der Waals surface area (Å²) in [5, 5.41) is 0.390. The van der Waals surface area contributed by atoms with Gasteiger partial charge in [-0.2, -0.15) is 4.98 Å². The third-order valence-electron chi connectivity index (χ3n) is 1.13. The molecule has 0 spiro atoms. The topological polar surface area (TPSA) is 35.0 Å². The fraction of sp³-hybridized carbons (Fsp3) is 0.250. The molecule has 0 bridgehead atoms. The van der Waals surface area contributed by atoms with Crippen LogP contribution in [0.5, 0.6) is 5.88 Å². The summed E-state index contributed by atoms with van der Waals surface area (Å²) in [7, 11) is 0. The summed E-state index contributed by atoms with van der Waals surface area (Å²) in [5.41, 5.74) is 0. The Morgan fingerprint density at radius 1 is 1.67 bits per heavy atom. The first-order valence-corrected chi connectivity index (χ1v) is 3.85. The Hall–Kier alpha value is -1.09. The molecule has 0 aliphatic rings. The molecule has 0 atom stereocenters. The molecule has 12 heavy (non-hydrogen) atoms. The summed E-state index contributed by atoms with van der Waals surface area (Å²) >= 11 is 5.67. The van der Waals surface area contributed by atoms with E-state index in [1.165, 1.54) is 0 Å². The normalized spacial score (nSPS) is 9.50. The van der Waals surface area contributed by atoms with Gasteiger partial charge in [0.15, 0.2) is 0 Å². The second-order valence-electron chi connectivity index (χ2n) is 2.18. The van der Waals surface area contributed by atoms with Crippen LogP contribution < -0.4 is 4.74 Å². The van der Waals surface area contributed by atoms with Gasteiger partial charge in [-0.25, -0.2) is 4.98 Å². The number of ether oxygens (including phenoxy) is 1. The van der Waals surface area contributed by atoms with Crippen LogP contribution in [0.1, 0.15) is 5.82 Å². The first-order valence-electron chi connectivity index (χ1n) is 3.47. The number of aromatic nitrogens is 2. The molecule has 0 radical (unpaired) electrons. The SMILES string of the molecule is C=CCOc1cc(Cl)nc(C)n1. The molecule has 1 aromatic rings. The summed E-state index contributed by atoms with van der Waals surface area (Å²) in [6.07, 6.45) is 1.64. The van der Waals surface area contributed by atoms with Crippen LogP contribution in [0.15, 0.2) is 18.7 Å². The van der Waals surface area contributed by atoms with Gasteiger partial charge in [-0.05, 0) is 6.92 Å². The number of halogens is 1. The highest BCUT2D eigenvalue weighted by Crippen LogP contribution is 2.12. The van der Waals surface area contributed by atoms with Crippen molar-refractivity contribution in [2.75, 3.05) is 6.61 Å². The highest BCUT2D eigenvalue weighted by Gasteiger charge is 1.98. The maximum Gasteiger partial charge on any atom is 0.218 e. The van der Waals surface area contributed by atoms with Crippen molar-refractivity contribution < 1.29 is 4.74 Å². The minimum absolute atomic E-state index is 0.390. The lowest BCUT2D eigenvalue weighted by atomic mass is 10.6. The molecule has 0 aliphatic heterocycles. The van der Waals surface area contributed by atoms with Gasteiger partial charge in [0.25, 0.3) is 0 Å². The Balaban J connectivity index is 2.78. The Morgan fingerprint density at radius 3 is 3.00 bits per heavy atom. The van der Waals surface area contributed by atoms with Gasteiger partial charge in [0.05, 0.1) is 0 Å². The summed E-state index contributed by atoms with van der Waals surface area (Å²) in [5.74, 6) is 1.08. The van der Waals surface area contributed by atoms with Gasteiger partial charge in [-0.1, -0.05) is 24.3 Å². The molecule has 1 heterocycles. The minimum atomic E-state index is 0.390. The molecule has 0 unspecified atom stereocenters. The van der Waals surface area contributed by atoms with Crippen LogP contribution in [0.4, 0.5) is 0 Å². The smallest absolute Gasteiger partial charge is 0.218 e. The van der Waals surface area contributed by atoms with Crippen molar-refractivity contribution in [1.82, 2.24) is 9.97 Å². The molecular formula is C8H9ClN2O. The zero-order valence-corrected chi connectivity index (χ0v) is 7.51. The number of hydrogen-bond acceptors (Lipinski definition) is 3. The Morgan fingerprint density at radius 2 is 2.42 bits per heavy atom. The average molecular weight is 185 g/mol. The lowest BCUT2D eigenvalue weighted by Crippen LogP contribution is -1.98. The van der Waals surface area contributed by atoms with E-state index in [1.807, 2.05) is 0 Å². The third-order valence-corrected chi connectivity index (χ3v) is 1.33. The summed E-state index contributed by atoms with van der Waals surface area (Å²) in [6, 6.07) is 1.57. The number of aryl methyl sites for hydroxylation is 1. The fourth-order valence-corrected chi connectivity index (χ4v) is 0.939. The van der Waals surface area contributed by atoms with Gasteiger partial charge in [-0.3, -0.25) is 0 Å². The molecular weight excluding hydrogens is 176 g/mol. The van der Waals surface area contributed by atoms with Crippen LogP contribution >= 0.6 is 11.6 Å². The largest absolute Gasteiger partial charge is 0.473 e. The van der Waals surface area contributed by atoms with Gasteiger partial charge in [0.1, 0.15) is 17.6 Å². The van der Waals surface area contributed by atoms with E-state index in [0.717, 1.165) is 0 Å². The van der Waals surface area contributed by atoms with E-state index in [9.17, 15) is 0 Å². The first kappa shape index (κ1) is 9.00. The molecule has 4 heteroatoms. The molecule has 0 saturated heterocycles.